The number of rotatable bonds is 0. The van der Waals surface area contributed by atoms with Crippen molar-refractivity contribution in [3.8, 4) is 0 Å². The van der Waals surface area contributed by atoms with Gasteiger partial charge in [-0.3, -0.25) is 0 Å². The van der Waals surface area contributed by atoms with E-state index in [9.17, 15) is 4.79 Å². The van der Waals surface area contributed by atoms with E-state index >= 15 is 0 Å². The first-order chi connectivity index (χ1) is 4.72. The smallest absolute Gasteiger partial charge is 0.407 e. The van der Waals surface area contributed by atoms with Crippen molar-refractivity contribution in [3.63, 3.8) is 0 Å². The van der Waals surface area contributed by atoms with Gasteiger partial charge in [-0.05, 0) is 6.92 Å². The highest BCUT2D eigenvalue weighted by Gasteiger charge is 2.22. The number of carboxylic acid groups (broad SMARTS) is 1. The van der Waals surface area contributed by atoms with Crippen LogP contribution in [0.15, 0.2) is 0 Å². The average Bonchev–Trinajstić information content (AvgIpc) is 1.88. The summed E-state index contributed by atoms with van der Waals surface area (Å²) >= 11 is 0. The van der Waals surface area contributed by atoms with Crippen molar-refractivity contribution >= 4 is 18.5 Å². The Labute approximate surface area is 71.5 Å². The van der Waals surface area contributed by atoms with E-state index in [0.29, 0.717) is 19.8 Å². The summed E-state index contributed by atoms with van der Waals surface area (Å²) in [6, 6.07) is 0.00579. The van der Waals surface area contributed by atoms with Crippen LogP contribution < -0.4 is 0 Å². The van der Waals surface area contributed by atoms with Gasteiger partial charge in [0.25, 0.3) is 0 Å². The summed E-state index contributed by atoms with van der Waals surface area (Å²) in [5.74, 6) is 0. The molecule has 0 aliphatic carbocycles. The van der Waals surface area contributed by atoms with Crippen molar-refractivity contribution in [2.45, 2.75) is 13.0 Å². The van der Waals surface area contributed by atoms with Gasteiger partial charge >= 0.3 is 6.09 Å². The third-order valence-electron chi connectivity index (χ3n) is 1.61. The highest BCUT2D eigenvalue weighted by Crippen LogP contribution is 2.05. The molecular formula is C6H12ClNO3. The summed E-state index contributed by atoms with van der Waals surface area (Å²) in [7, 11) is 0. The Balaban J connectivity index is 0.000001000. The Morgan fingerprint density at radius 2 is 2.36 bits per heavy atom. The minimum Gasteiger partial charge on any atom is -0.465 e. The third-order valence-corrected chi connectivity index (χ3v) is 1.61. The molecular weight excluding hydrogens is 170 g/mol. The van der Waals surface area contributed by atoms with Crippen LogP contribution in [-0.4, -0.2) is 41.9 Å². The zero-order valence-electron chi connectivity index (χ0n) is 6.32. The highest BCUT2D eigenvalue weighted by atomic mass is 35.5. The van der Waals surface area contributed by atoms with Gasteiger partial charge in [0, 0.05) is 6.54 Å². The van der Waals surface area contributed by atoms with Gasteiger partial charge in [0.2, 0.25) is 0 Å². The minimum absolute atomic E-state index is 0. The molecule has 11 heavy (non-hydrogen) atoms. The van der Waals surface area contributed by atoms with Crippen LogP contribution in [0.3, 0.4) is 0 Å². The number of hydrogen-bond donors (Lipinski definition) is 1. The van der Waals surface area contributed by atoms with Gasteiger partial charge in [-0.25, -0.2) is 4.79 Å². The maximum atomic E-state index is 10.4. The molecule has 1 rings (SSSR count). The molecule has 1 aliphatic heterocycles. The topological polar surface area (TPSA) is 49.8 Å². The van der Waals surface area contributed by atoms with Crippen molar-refractivity contribution in [1.29, 1.82) is 0 Å². The maximum absolute atomic E-state index is 10.4. The number of amides is 1. The van der Waals surface area contributed by atoms with E-state index < -0.39 is 6.09 Å². The predicted octanol–water partition coefficient (Wildman–Crippen LogP) is 0.807. The zero-order chi connectivity index (χ0) is 7.56. The summed E-state index contributed by atoms with van der Waals surface area (Å²) in [6.07, 6.45) is -0.851. The van der Waals surface area contributed by atoms with Crippen LogP contribution in [0.4, 0.5) is 4.79 Å². The summed E-state index contributed by atoms with van der Waals surface area (Å²) < 4.78 is 5.06. The molecule has 0 aromatic carbocycles. The van der Waals surface area contributed by atoms with Crippen molar-refractivity contribution in [3.05, 3.63) is 0 Å². The van der Waals surface area contributed by atoms with Crippen LogP contribution in [0, 0.1) is 0 Å². The number of morpholine rings is 1. The third kappa shape index (κ3) is 2.55. The second kappa shape index (κ2) is 4.41. The average molecular weight is 182 g/mol. The first-order valence-electron chi connectivity index (χ1n) is 3.29. The van der Waals surface area contributed by atoms with Gasteiger partial charge in [-0.15, -0.1) is 12.4 Å². The van der Waals surface area contributed by atoms with E-state index in [-0.39, 0.29) is 18.4 Å². The van der Waals surface area contributed by atoms with Gasteiger partial charge < -0.3 is 14.7 Å². The lowest BCUT2D eigenvalue weighted by atomic mass is 10.3. The molecule has 66 valence electrons. The molecule has 0 unspecified atom stereocenters. The Morgan fingerprint density at radius 1 is 1.73 bits per heavy atom. The van der Waals surface area contributed by atoms with Crippen LogP contribution in [0.25, 0.3) is 0 Å². The van der Waals surface area contributed by atoms with Crippen molar-refractivity contribution in [1.82, 2.24) is 4.90 Å². The highest BCUT2D eigenvalue weighted by molar-refractivity contribution is 5.85. The maximum Gasteiger partial charge on any atom is 0.407 e. The first-order valence-corrected chi connectivity index (χ1v) is 3.29. The molecule has 1 atom stereocenters. The molecule has 0 saturated carbocycles. The van der Waals surface area contributed by atoms with Gasteiger partial charge in [0.05, 0.1) is 19.3 Å². The lowest BCUT2D eigenvalue weighted by Crippen LogP contribution is -2.46. The fraction of sp³-hybridized carbons (Fsp3) is 0.833. The second-order valence-corrected chi connectivity index (χ2v) is 2.40. The van der Waals surface area contributed by atoms with Crippen LogP contribution in [-0.2, 0) is 4.74 Å². The van der Waals surface area contributed by atoms with Crippen molar-refractivity contribution in [2.24, 2.45) is 0 Å². The van der Waals surface area contributed by atoms with Crippen LogP contribution in [0.2, 0.25) is 0 Å². The summed E-state index contributed by atoms with van der Waals surface area (Å²) in [4.78, 5) is 11.8. The molecule has 0 bridgehead atoms. The lowest BCUT2D eigenvalue weighted by molar-refractivity contribution is 0.00633. The van der Waals surface area contributed by atoms with Crippen molar-refractivity contribution in [2.75, 3.05) is 19.8 Å². The fourth-order valence-electron chi connectivity index (χ4n) is 1.01. The monoisotopic (exact) mass is 181 g/mol. The van der Waals surface area contributed by atoms with E-state index in [2.05, 4.69) is 0 Å². The number of hydrogen-bond acceptors (Lipinski definition) is 2. The Bertz CT molecular complexity index is 142. The van der Waals surface area contributed by atoms with Gasteiger partial charge in [0.15, 0.2) is 0 Å². The predicted molar refractivity (Wildman–Crippen MR) is 42.3 cm³/mol. The van der Waals surface area contributed by atoms with Crippen LogP contribution in [0.5, 0.6) is 0 Å². The number of halogens is 1. The Kier molecular flexibility index (Phi) is 4.22. The first kappa shape index (κ1) is 10.5. The van der Waals surface area contributed by atoms with Crippen LogP contribution in [0.1, 0.15) is 6.92 Å². The second-order valence-electron chi connectivity index (χ2n) is 2.40. The van der Waals surface area contributed by atoms with E-state index in [4.69, 9.17) is 9.84 Å². The van der Waals surface area contributed by atoms with Crippen LogP contribution >= 0.6 is 12.4 Å². The minimum atomic E-state index is -0.851. The molecule has 1 aliphatic rings. The quantitative estimate of drug-likeness (QED) is 0.602. The number of carbonyl (C=O) groups is 1. The van der Waals surface area contributed by atoms with Gasteiger partial charge in [0.1, 0.15) is 0 Å². The van der Waals surface area contributed by atoms with Crippen molar-refractivity contribution < 1.29 is 14.6 Å². The van der Waals surface area contributed by atoms with E-state index in [1.54, 1.807) is 0 Å². The molecule has 0 aromatic heterocycles. The lowest BCUT2D eigenvalue weighted by Gasteiger charge is -2.30. The Hall–Kier alpha value is -0.480. The summed E-state index contributed by atoms with van der Waals surface area (Å²) in [5, 5.41) is 8.58. The molecule has 1 saturated heterocycles. The molecule has 1 N–H and O–H groups in total. The molecule has 1 fully saturated rings. The largest absolute Gasteiger partial charge is 0.465 e. The molecule has 1 heterocycles. The zero-order valence-corrected chi connectivity index (χ0v) is 7.13. The Morgan fingerprint density at radius 3 is 2.73 bits per heavy atom. The summed E-state index contributed by atoms with van der Waals surface area (Å²) in [6.45, 7) is 3.38. The molecule has 1 amide bonds. The molecule has 0 spiro atoms. The SMILES string of the molecule is C[C@H]1COCCN1C(=O)O.Cl. The molecule has 0 radical (unpaired) electrons. The summed E-state index contributed by atoms with van der Waals surface area (Å²) in [5.41, 5.74) is 0. The van der Waals surface area contributed by atoms with E-state index in [0.717, 1.165) is 0 Å². The molecule has 5 heteroatoms. The van der Waals surface area contributed by atoms with Gasteiger partial charge in [-0.1, -0.05) is 0 Å². The standard InChI is InChI=1S/C6H11NO3.ClH/c1-5-4-10-3-2-7(5)6(8)9;/h5H,2-4H2,1H3,(H,8,9);1H/t5-;/m0./s1. The van der Waals surface area contributed by atoms with Gasteiger partial charge in [-0.2, -0.15) is 0 Å². The molecule has 4 nitrogen and oxygen atoms in total. The van der Waals surface area contributed by atoms with E-state index in [1.165, 1.54) is 4.90 Å². The normalized spacial score (nSPS) is 24.1. The fourth-order valence-corrected chi connectivity index (χ4v) is 1.01. The van der Waals surface area contributed by atoms with E-state index in [1.807, 2.05) is 6.92 Å². The number of ether oxygens (including phenoxy) is 1. The molecule has 0 aromatic rings. The number of nitrogens with zero attached hydrogens (tertiary/aromatic N) is 1.